The van der Waals surface area contributed by atoms with Crippen LogP contribution in [0.25, 0.3) is 0 Å². The monoisotopic (exact) mass is 343 g/mol. The number of halogens is 1. The van der Waals surface area contributed by atoms with Gasteiger partial charge in [0.05, 0.1) is 12.7 Å². The summed E-state index contributed by atoms with van der Waals surface area (Å²) in [6.45, 7) is 9.13. The number of ether oxygens (including phenoxy) is 1. The van der Waals surface area contributed by atoms with E-state index in [1.807, 2.05) is 23.8 Å². The van der Waals surface area contributed by atoms with Crippen LogP contribution in [-0.4, -0.2) is 54.3 Å². The topological polar surface area (TPSA) is 46.5 Å². The molecule has 0 aliphatic carbocycles. The second kappa shape index (κ2) is 7.24. The average molecular weight is 344 g/mol. The molecule has 1 N–H and O–H groups in total. The Morgan fingerprint density at radius 1 is 1.50 bits per heavy atom. The molecule has 0 bridgehead atoms. The summed E-state index contributed by atoms with van der Waals surface area (Å²) in [5.41, 5.74) is 0.683. The molecular formula is C14H22BrN3O2. The van der Waals surface area contributed by atoms with Crippen LogP contribution in [0, 0.1) is 0 Å². The summed E-state index contributed by atoms with van der Waals surface area (Å²) < 4.78 is 8.54. The maximum atomic E-state index is 12.2. The van der Waals surface area contributed by atoms with E-state index >= 15 is 0 Å². The Morgan fingerprint density at radius 3 is 3.00 bits per heavy atom. The summed E-state index contributed by atoms with van der Waals surface area (Å²) in [5.74, 6) is -0.0465. The first-order valence-electron chi connectivity index (χ1n) is 7.11. The van der Waals surface area contributed by atoms with Crippen LogP contribution in [0.15, 0.2) is 16.7 Å². The number of hydrogen-bond donors (Lipinski definition) is 1. The predicted molar refractivity (Wildman–Crippen MR) is 82.0 cm³/mol. The standard InChI is InChI=1S/C14H22BrN3O2/c1-3-17-5-6-20-12(10-17)8-16-14(19)13-7-11(15)9-18(13)4-2/h7,9,12H,3-6,8,10H2,1-2H3,(H,16,19). The van der Waals surface area contributed by atoms with Crippen molar-refractivity contribution in [2.45, 2.75) is 26.5 Å². The second-order valence-electron chi connectivity index (χ2n) is 4.93. The summed E-state index contributed by atoms with van der Waals surface area (Å²) in [6, 6.07) is 1.85. The van der Waals surface area contributed by atoms with Crippen molar-refractivity contribution in [1.29, 1.82) is 0 Å². The van der Waals surface area contributed by atoms with Crippen molar-refractivity contribution < 1.29 is 9.53 Å². The molecule has 1 saturated heterocycles. The normalized spacial score (nSPS) is 20.1. The molecule has 1 unspecified atom stereocenters. The second-order valence-corrected chi connectivity index (χ2v) is 5.84. The molecule has 1 aromatic heterocycles. The third-order valence-corrected chi connectivity index (χ3v) is 4.03. The van der Waals surface area contributed by atoms with Crippen molar-refractivity contribution >= 4 is 21.8 Å². The Bertz CT molecular complexity index is 461. The lowest BCUT2D eigenvalue weighted by atomic mass is 10.2. The van der Waals surface area contributed by atoms with Gasteiger partial charge in [0.2, 0.25) is 0 Å². The van der Waals surface area contributed by atoms with Crippen LogP contribution in [0.5, 0.6) is 0 Å². The van der Waals surface area contributed by atoms with Crippen LogP contribution in [0.3, 0.4) is 0 Å². The largest absolute Gasteiger partial charge is 0.374 e. The highest BCUT2D eigenvalue weighted by Gasteiger charge is 2.20. The molecule has 1 aliphatic heterocycles. The van der Waals surface area contributed by atoms with Crippen molar-refractivity contribution in [3.05, 3.63) is 22.4 Å². The molecule has 1 fully saturated rings. The molecule has 0 spiro atoms. The maximum Gasteiger partial charge on any atom is 0.268 e. The van der Waals surface area contributed by atoms with Gasteiger partial charge in [0.25, 0.3) is 5.91 Å². The van der Waals surface area contributed by atoms with Gasteiger partial charge in [-0.1, -0.05) is 6.92 Å². The molecule has 0 saturated carbocycles. The number of carbonyl (C=O) groups excluding carboxylic acids is 1. The number of rotatable bonds is 5. The number of nitrogens with one attached hydrogen (secondary N) is 1. The van der Waals surface area contributed by atoms with Gasteiger partial charge < -0.3 is 14.6 Å². The molecule has 1 aromatic rings. The molecule has 2 rings (SSSR count). The molecule has 20 heavy (non-hydrogen) atoms. The van der Waals surface area contributed by atoms with Gasteiger partial charge in [-0.15, -0.1) is 0 Å². The summed E-state index contributed by atoms with van der Waals surface area (Å²) in [5, 5.41) is 2.97. The van der Waals surface area contributed by atoms with Gasteiger partial charge in [0, 0.05) is 36.8 Å². The van der Waals surface area contributed by atoms with Crippen LogP contribution in [0.2, 0.25) is 0 Å². The predicted octanol–water partition coefficient (Wildman–Crippen LogP) is 1.72. The fourth-order valence-electron chi connectivity index (χ4n) is 2.42. The summed E-state index contributed by atoms with van der Waals surface area (Å²) >= 11 is 3.40. The zero-order valence-corrected chi connectivity index (χ0v) is 13.6. The Morgan fingerprint density at radius 2 is 2.30 bits per heavy atom. The summed E-state index contributed by atoms with van der Waals surface area (Å²) in [6.07, 6.45) is 2.01. The van der Waals surface area contributed by atoms with Crippen molar-refractivity contribution in [1.82, 2.24) is 14.8 Å². The van der Waals surface area contributed by atoms with E-state index in [9.17, 15) is 4.79 Å². The fourth-order valence-corrected chi connectivity index (χ4v) is 2.88. The Kier molecular flexibility index (Phi) is 5.63. The Balaban J connectivity index is 1.88. The number of aryl methyl sites for hydroxylation is 1. The molecule has 112 valence electrons. The van der Waals surface area contributed by atoms with E-state index in [1.54, 1.807) is 0 Å². The molecule has 2 heterocycles. The lowest BCUT2D eigenvalue weighted by molar-refractivity contribution is -0.0246. The lowest BCUT2D eigenvalue weighted by Gasteiger charge is -2.32. The third-order valence-electron chi connectivity index (χ3n) is 3.60. The first-order chi connectivity index (χ1) is 9.63. The van der Waals surface area contributed by atoms with Crippen LogP contribution in [-0.2, 0) is 11.3 Å². The minimum Gasteiger partial charge on any atom is -0.374 e. The first-order valence-corrected chi connectivity index (χ1v) is 7.91. The van der Waals surface area contributed by atoms with E-state index in [1.165, 1.54) is 0 Å². The maximum absolute atomic E-state index is 12.2. The average Bonchev–Trinajstić information content (AvgIpc) is 2.86. The van der Waals surface area contributed by atoms with Gasteiger partial charge in [0.1, 0.15) is 5.69 Å². The number of aromatic nitrogens is 1. The highest BCUT2D eigenvalue weighted by atomic mass is 79.9. The van der Waals surface area contributed by atoms with Gasteiger partial charge >= 0.3 is 0 Å². The molecule has 1 amide bonds. The SMILES string of the molecule is CCN1CCOC(CNC(=O)c2cc(Br)cn2CC)C1. The number of morpholine rings is 1. The minimum absolute atomic E-state index is 0.0465. The van der Waals surface area contributed by atoms with E-state index in [4.69, 9.17) is 4.74 Å². The van der Waals surface area contributed by atoms with Crippen LogP contribution in [0.1, 0.15) is 24.3 Å². The lowest BCUT2D eigenvalue weighted by Crippen LogP contribution is -2.47. The molecule has 0 aromatic carbocycles. The highest BCUT2D eigenvalue weighted by Crippen LogP contribution is 2.15. The van der Waals surface area contributed by atoms with E-state index in [2.05, 4.69) is 33.1 Å². The van der Waals surface area contributed by atoms with Crippen LogP contribution in [0.4, 0.5) is 0 Å². The molecular weight excluding hydrogens is 322 g/mol. The third kappa shape index (κ3) is 3.84. The van der Waals surface area contributed by atoms with Crippen molar-refractivity contribution in [3.63, 3.8) is 0 Å². The highest BCUT2D eigenvalue weighted by molar-refractivity contribution is 9.10. The van der Waals surface area contributed by atoms with Crippen LogP contribution >= 0.6 is 15.9 Å². The number of hydrogen-bond acceptors (Lipinski definition) is 3. The van der Waals surface area contributed by atoms with Crippen LogP contribution < -0.4 is 5.32 Å². The van der Waals surface area contributed by atoms with Gasteiger partial charge in [-0.2, -0.15) is 0 Å². The number of amides is 1. The number of nitrogens with zero attached hydrogens (tertiary/aromatic N) is 2. The Labute approximate surface area is 128 Å². The molecule has 1 atom stereocenters. The van der Waals surface area contributed by atoms with Crippen molar-refractivity contribution in [3.8, 4) is 0 Å². The van der Waals surface area contributed by atoms with Gasteiger partial charge in [0.15, 0.2) is 0 Å². The molecule has 5 nitrogen and oxygen atoms in total. The number of carbonyl (C=O) groups is 1. The van der Waals surface area contributed by atoms with Gasteiger partial charge in [-0.05, 0) is 35.5 Å². The van der Waals surface area contributed by atoms with Gasteiger partial charge in [-0.25, -0.2) is 0 Å². The van der Waals surface area contributed by atoms with Gasteiger partial charge in [-0.3, -0.25) is 9.69 Å². The minimum atomic E-state index is -0.0465. The quantitative estimate of drug-likeness (QED) is 0.885. The zero-order valence-electron chi connectivity index (χ0n) is 12.1. The Hall–Kier alpha value is -0.850. The number of likely N-dealkylation sites (N-methyl/N-ethyl adjacent to an activating group) is 1. The van der Waals surface area contributed by atoms with E-state index in [0.29, 0.717) is 12.2 Å². The van der Waals surface area contributed by atoms with Crippen molar-refractivity contribution in [2.75, 3.05) is 32.8 Å². The van der Waals surface area contributed by atoms with E-state index in [0.717, 1.165) is 37.3 Å². The first kappa shape index (κ1) is 15.5. The zero-order chi connectivity index (χ0) is 14.5. The molecule has 1 aliphatic rings. The molecule has 0 radical (unpaired) electrons. The smallest absolute Gasteiger partial charge is 0.268 e. The van der Waals surface area contributed by atoms with Crippen molar-refractivity contribution in [2.24, 2.45) is 0 Å². The molecule has 6 heteroatoms. The fraction of sp³-hybridized carbons (Fsp3) is 0.643. The summed E-state index contributed by atoms with van der Waals surface area (Å²) in [4.78, 5) is 14.5. The van der Waals surface area contributed by atoms with E-state index in [-0.39, 0.29) is 12.0 Å². The van der Waals surface area contributed by atoms with E-state index < -0.39 is 0 Å². The summed E-state index contributed by atoms with van der Waals surface area (Å²) in [7, 11) is 0.